The van der Waals surface area contributed by atoms with E-state index in [2.05, 4.69) is 31.1 Å². The lowest BCUT2D eigenvalue weighted by molar-refractivity contribution is -0.139. The predicted octanol–water partition coefficient (Wildman–Crippen LogP) is 3.47. The molecule has 0 spiro atoms. The number of aliphatic carboxylic acids is 2. The number of hydrogen-bond acceptors (Lipinski definition) is 5. The number of rotatable bonds is 4. The van der Waals surface area contributed by atoms with E-state index in [1.165, 1.54) is 13.2 Å². The number of carbonyl (C=O) groups excluding carboxylic acids is 1. The van der Waals surface area contributed by atoms with E-state index in [9.17, 15) is 14.4 Å². The van der Waals surface area contributed by atoms with Gasteiger partial charge in [0, 0.05) is 17.2 Å². The number of methoxy groups -OCH3 is 1. The molecule has 0 aromatic carbocycles. The molecule has 0 atom stereocenters. The second-order valence-corrected chi connectivity index (χ2v) is 4.53. The Hall–Kier alpha value is -2.56. The molecule has 0 heterocycles. The molecule has 0 aliphatic rings. The number of halogens is 2. The van der Waals surface area contributed by atoms with Gasteiger partial charge < -0.3 is 14.9 Å². The Labute approximate surface area is 150 Å². The molecule has 0 rings (SSSR count). The number of ether oxygens (including phenoxy) is 1. The zero-order valence-corrected chi connectivity index (χ0v) is 14.9. The third-order valence-corrected chi connectivity index (χ3v) is 1.29. The third-order valence-electron chi connectivity index (χ3n) is 1.29. The number of nitrogens with zero attached hydrogens (tertiary/aromatic N) is 1. The van der Waals surface area contributed by atoms with E-state index in [0.717, 1.165) is 0 Å². The third kappa shape index (κ3) is 42.7. The normalized spacial score (nSPS) is 7.12. The van der Waals surface area contributed by atoms with Crippen molar-refractivity contribution in [1.29, 1.82) is 5.26 Å². The molecule has 9 heteroatoms. The van der Waals surface area contributed by atoms with E-state index in [-0.39, 0.29) is 16.0 Å². The van der Waals surface area contributed by atoms with Crippen molar-refractivity contribution in [2.24, 2.45) is 0 Å². The zero-order chi connectivity index (χ0) is 20.3. The van der Waals surface area contributed by atoms with Gasteiger partial charge in [0.05, 0.1) is 24.1 Å². The summed E-state index contributed by atoms with van der Waals surface area (Å²) in [5.74, 6) is -2.79. The first kappa shape index (κ1) is 29.5. The molecule has 0 aliphatic carbocycles. The summed E-state index contributed by atoms with van der Waals surface area (Å²) in [6, 6.07) is 1.69. The molecule has 0 aromatic heterocycles. The van der Waals surface area contributed by atoms with Gasteiger partial charge in [-0.1, -0.05) is 49.5 Å². The van der Waals surface area contributed by atoms with Crippen LogP contribution in [0.25, 0.3) is 0 Å². The Kier molecular flexibility index (Phi) is 25.1. The van der Waals surface area contributed by atoms with Crippen LogP contribution in [0.3, 0.4) is 0 Å². The molecular formula is C15H19Cl2NO6. The molecule has 0 unspecified atom stereocenters. The number of esters is 1. The maximum absolute atomic E-state index is 10.2. The number of carbonyl (C=O) groups is 3. The van der Waals surface area contributed by atoms with Crippen LogP contribution >= 0.6 is 23.2 Å². The SMILES string of the molecule is C=C(C)C(=O)OC.C=C(CC(=O)O)C(=O)O.C=C(Cl)Cl.C=CC#N. The maximum atomic E-state index is 10.2. The summed E-state index contributed by atoms with van der Waals surface area (Å²) in [6.07, 6.45) is 0.676. The van der Waals surface area contributed by atoms with Crippen LogP contribution in [0.1, 0.15) is 13.3 Å². The van der Waals surface area contributed by atoms with Gasteiger partial charge in [-0.25, -0.2) is 9.59 Å². The standard InChI is InChI=1S/C5H6O4.C5H8O2.C3H3N.C2H2Cl2/c1-3(5(8)9)2-4(6)7;1-4(2)5(6)7-3;1-2-3-4;1-2(3)4/h1-2H2,(H,6,7)(H,8,9);1H2,2-3H3;2H,1H2;1H2. The maximum Gasteiger partial charge on any atom is 0.332 e. The zero-order valence-electron chi connectivity index (χ0n) is 13.3. The van der Waals surface area contributed by atoms with Gasteiger partial charge in [-0.2, -0.15) is 5.26 Å². The van der Waals surface area contributed by atoms with Crippen molar-refractivity contribution < 1.29 is 29.3 Å². The molecule has 0 radical (unpaired) electrons. The average Bonchev–Trinajstić information content (AvgIpc) is 2.45. The number of carboxylic acids is 2. The number of hydrogen-bond donors (Lipinski definition) is 2. The van der Waals surface area contributed by atoms with Gasteiger partial charge in [0.2, 0.25) is 0 Å². The van der Waals surface area contributed by atoms with E-state index >= 15 is 0 Å². The van der Waals surface area contributed by atoms with Gasteiger partial charge in [-0.15, -0.1) is 0 Å². The van der Waals surface area contributed by atoms with Gasteiger partial charge in [0.1, 0.15) is 0 Å². The first-order chi connectivity index (χ1) is 10.9. The van der Waals surface area contributed by atoms with Crippen molar-refractivity contribution in [3.8, 4) is 6.07 Å². The van der Waals surface area contributed by atoms with E-state index in [1.54, 1.807) is 13.0 Å². The number of allylic oxidation sites excluding steroid dienone is 1. The fraction of sp³-hybridized carbons (Fsp3) is 0.200. The molecule has 0 aromatic rings. The van der Waals surface area contributed by atoms with Crippen LogP contribution in [0.4, 0.5) is 0 Å². The summed E-state index contributed by atoms with van der Waals surface area (Å²) in [5.41, 5.74) is 0.130. The molecule has 7 nitrogen and oxygen atoms in total. The van der Waals surface area contributed by atoms with Gasteiger partial charge in [0.25, 0.3) is 0 Å². The molecule has 0 saturated carbocycles. The lowest BCUT2D eigenvalue weighted by Crippen LogP contribution is -2.04. The second-order valence-electron chi connectivity index (χ2n) is 3.42. The Balaban J connectivity index is -0.000000119. The molecule has 0 bridgehead atoms. The van der Waals surface area contributed by atoms with Gasteiger partial charge in [0.15, 0.2) is 0 Å². The van der Waals surface area contributed by atoms with E-state index < -0.39 is 18.4 Å². The van der Waals surface area contributed by atoms with Gasteiger partial charge in [-0.3, -0.25) is 4.79 Å². The fourth-order valence-corrected chi connectivity index (χ4v) is 0.432. The average molecular weight is 380 g/mol. The Morgan fingerprint density at radius 1 is 1.21 bits per heavy atom. The summed E-state index contributed by atoms with van der Waals surface area (Å²) >= 11 is 9.69. The summed E-state index contributed by atoms with van der Waals surface area (Å²) in [5, 5.41) is 23.6. The van der Waals surface area contributed by atoms with Crippen molar-refractivity contribution in [3.63, 3.8) is 0 Å². The number of carboxylic acid groups (broad SMARTS) is 2. The molecule has 24 heavy (non-hydrogen) atoms. The van der Waals surface area contributed by atoms with Crippen molar-refractivity contribution in [3.05, 3.63) is 48.0 Å². The second kappa shape index (κ2) is 20.4. The lowest BCUT2D eigenvalue weighted by atomic mass is 10.2. The minimum atomic E-state index is -1.27. The van der Waals surface area contributed by atoms with Crippen molar-refractivity contribution >= 4 is 41.1 Å². The molecule has 0 saturated heterocycles. The Morgan fingerprint density at radius 3 is 1.58 bits per heavy atom. The predicted molar refractivity (Wildman–Crippen MR) is 92.5 cm³/mol. The molecular weight excluding hydrogens is 361 g/mol. The van der Waals surface area contributed by atoms with Crippen molar-refractivity contribution in [2.75, 3.05) is 7.11 Å². The van der Waals surface area contributed by atoms with Crippen LogP contribution in [-0.4, -0.2) is 35.2 Å². The van der Waals surface area contributed by atoms with E-state index in [0.29, 0.717) is 5.57 Å². The van der Waals surface area contributed by atoms with Crippen LogP contribution in [0.15, 0.2) is 48.0 Å². The molecule has 0 amide bonds. The summed E-state index contributed by atoms with van der Waals surface area (Å²) in [4.78, 5) is 29.9. The van der Waals surface area contributed by atoms with Crippen LogP contribution in [0.5, 0.6) is 0 Å². The fourth-order valence-electron chi connectivity index (χ4n) is 0.432. The monoisotopic (exact) mass is 379 g/mol. The lowest BCUT2D eigenvalue weighted by Gasteiger charge is -1.91. The summed E-state index contributed by atoms with van der Waals surface area (Å²) in [6.45, 7) is 14.2. The summed E-state index contributed by atoms with van der Waals surface area (Å²) < 4.78 is 4.38. The molecule has 0 aliphatic heterocycles. The van der Waals surface area contributed by atoms with Crippen LogP contribution in [0, 0.1) is 11.3 Å². The quantitative estimate of drug-likeness (QED) is 0.435. The van der Waals surface area contributed by atoms with Crippen LogP contribution in [-0.2, 0) is 19.1 Å². The van der Waals surface area contributed by atoms with Gasteiger partial charge >= 0.3 is 17.9 Å². The van der Waals surface area contributed by atoms with Crippen LogP contribution in [0.2, 0.25) is 0 Å². The smallest absolute Gasteiger partial charge is 0.332 e. The summed E-state index contributed by atoms with van der Waals surface area (Å²) in [7, 11) is 1.33. The highest BCUT2D eigenvalue weighted by Crippen LogP contribution is 1.98. The highest BCUT2D eigenvalue weighted by molar-refractivity contribution is 6.55. The molecule has 2 N–H and O–H groups in total. The minimum absolute atomic E-state index is 0.111. The largest absolute Gasteiger partial charge is 0.481 e. The molecule has 134 valence electrons. The highest BCUT2D eigenvalue weighted by Gasteiger charge is 2.07. The molecule has 0 fully saturated rings. The first-order valence-electron chi connectivity index (χ1n) is 5.74. The number of nitriles is 1. The van der Waals surface area contributed by atoms with E-state index in [4.69, 9.17) is 38.7 Å². The minimum Gasteiger partial charge on any atom is -0.481 e. The highest BCUT2D eigenvalue weighted by atomic mass is 35.5. The topological polar surface area (TPSA) is 125 Å². The Bertz CT molecular complexity index is 517. The first-order valence-corrected chi connectivity index (χ1v) is 6.49. The van der Waals surface area contributed by atoms with Crippen molar-refractivity contribution in [1.82, 2.24) is 0 Å². The van der Waals surface area contributed by atoms with Crippen LogP contribution < -0.4 is 0 Å². The van der Waals surface area contributed by atoms with E-state index in [1.807, 2.05) is 0 Å². The Morgan fingerprint density at radius 2 is 1.54 bits per heavy atom. The van der Waals surface area contributed by atoms with Gasteiger partial charge in [-0.05, 0) is 6.92 Å². The van der Waals surface area contributed by atoms with Crippen molar-refractivity contribution in [2.45, 2.75) is 13.3 Å².